The molecule has 124 valence electrons. The van der Waals surface area contributed by atoms with Crippen LogP contribution in [0.5, 0.6) is 0 Å². The second kappa shape index (κ2) is 6.21. The molecule has 5 heteroatoms. The molecule has 3 aliphatic rings. The van der Waals surface area contributed by atoms with E-state index in [0.717, 1.165) is 32.2 Å². The van der Waals surface area contributed by atoms with Crippen LogP contribution in [0.2, 0.25) is 0 Å². The molecule has 2 atom stereocenters. The Balaban J connectivity index is 1.40. The van der Waals surface area contributed by atoms with Crippen molar-refractivity contribution < 1.29 is 14.3 Å². The number of aromatic nitrogens is 1. The van der Waals surface area contributed by atoms with Gasteiger partial charge in [-0.2, -0.15) is 0 Å². The van der Waals surface area contributed by atoms with Gasteiger partial charge < -0.3 is 14.4 Å². The van der Waals surface area contributed by atoms with E-state index in [1.165, 1.54) is 19.3 Å². The lowest BCUT2D eigenvalue weighted by molar-refractivity contribution is -0.0000949. The second-order valence-electron chi connectivity index (χ2n) is 7.31. The minimum absolute atomic E-state index is 0.00750. The Morgan fingerprint density at radius 2 is 2.22 bits per heavy atom. The first-order valence-corrected chi connectivity index (χ1v) is 8.62. The molecule has 0 unspecified atom stereocenters. The maximum absolute atomic E-state index is 12.7. The number of pyridine rings is 1. The van der Waals surface area contributed by atoms with E-state index in [0.29, 0.717) is 24.7 Å². The number of rotatable bonds is 5. The largest absolute Gasteiger partial charge is 0.380 e. The molecule has 4 rings (SSSR count). The summed E-state index contributed by atoms with van der Waals surface area (Å²) >= 11 is 0. The zero-order chi connectivity index (χ0) is 15.7. The Morgan fingerprint density at radius 3 is 2.96 bits per heavy atom. The highest BCUT2D eigenvalue weighted by molar-refractivity contribution is 5.94. The summed E-state index contributed by atoms with van der Waals surface area (Å²) in [6.07, 6.45) is 7.30. The maximum Gasteiger partial charge on any atom is 0.253 e. The van der Waals surface area contributed by atoms with Crippen molar-refractivity contribution in [1.82, 2.24) is 9.88 Å². The number of hydrogen-bond donors (Lipinski definition) is 0. The van der Waals surface area contributed by atoms with Crippen molar-refractivity contribution in [1.29, 1.82) is 0 Å². The number of amides is 1. The van der Waals surface area contributed by atoms with Gasteiger partial charge in [0.05, 0.1) is 19.8 Å². The van der Waals surface area contributed by atoms with Gasteiger partial charge in [0, 0.05) is 49.0 Å². The lowest BCUT2D eigenvalue weighted by Crippen LogP contribution is -2.38. The third-order valence-corrected chi connectivity index (χ3v) is 5.70. The van der Waals surface area contributed by atoms with Crippen LogP contribution in [-0.4, -0.2) is 55.3 Å². The number of carbonyl (C=O) groups is 1. The lowest BCUT2D eigenvalue weighted by Gasteiger charge is -2.30. The van der Waals surface area contributed by atoms with Crippen LogP contribution in [0, 0.1) is 17.3 Å². The molecule has 0 aromatic carbocycles. The van der Waals surface area contributed by atoms with E-state index in [9.17, 15) is 4.79 Å². The van der Waals surface area contributed by atoms with Crippen LogP contribution in [0.4, 0.5) is 0 Å². The van der Waals surface area contributed by atoms with Crippen molar-refractivity contribution in [2.45, 2.75) is 19.3 Å². The monoisotopic (exact) mass is 316 g/mol. The van der Waals surface area contributed by atoms with Crippen LogP contribution in [0.25, 0.3) is 0 Å². The average molecular weight is 316 g/mol. The van der Waals surface area contributed by atoms with Gasteiger partial charge in [-0.15, -0.1) is 0 Å². The summed E-state index contributed by atoms with van der Waals surface area (Å²) in [6.45, 7) is 4.55. The van der Waals surface area contributed by atoms with Crippen LogP contribution in [-0.2, 0) is 9.47 Å². The van der Waals surface area contributed by atoms with Gasteiger partial charge in [-0.1, -0.05) is 6.42 Å². The first-order valence-electron chi connectivity index (χ1n) is 8.62. The molecular weight excluding hydrogens is 292 g/mol. The summed E-state index contributed by atoms with van der Waals surface area (Å²) in [6, 6.07) is 3.57. The molecule has 3 fully saturated rings. The summed E-state index contributed by atoms with van der Waals surface area (Å²) in [7, 11) is 0. The van der Waals surface area contributed by atoms with Crippen LogP contribution in [0.1, 0.15) is 29.6 Å². The first-order chi connectivity index (χ1) is 11.3. The average Bonchev–Trinajstić information content (AvgIpc) is 3.07. The number of ether oxygens (including phenoxy) is 2. The van der Waals surface area contributed by atoms with E-state index in [1.807, 2.05) is 4.90 Å². The molecule has 0 bridgehead atoms. The van der Waals surface area contributed by atoms with Crippen molar-refractivity contribution in [3.05, 3.63) is 30.1 Å². The molecule has 0 radical (unpaired) electrons. The van der Waals surface area contributed by atoms with E-state index in [1.54, 1.807) is 24.5 Å². The van der Waals surface area contributed by atoms with Gasteiger partial charge in [-0.05, 0) is 30.9 Å². The Bertz CT molecular complexity index is 561. The van der Waals surface area contributed by atoms with Crippen molar-refractivity contribution in [2.24, 2.45) is 17.3 Å². The Kier molecular flexibility index (Phi) is 4.07. The molecule has 2 saturated heterocycles. The summed E-state index contributed by atoms with van der Waals surface area (Å²) < 4.78 is 11.8. The Hall–Kier alpha value is -1.46. The van der Waals surface area contributed by atoms with Gasteiger partial charge in [0.2, 0.25) is 0 Å². The Labute approximate surface area is 137 Å². The van der Waals surface area contributed by atoms with Gasteiger partial charge >= 0.3 is 0 Å². The standard InChI is InChI=1S/C18H24N2O3/c21-17(15-4-6-19-7-5-15)20-8-16-10-23-13-18(16,11-20)12-22-9-14-2-1-3-14/h4-7,14,16H,1-3,8-13H2/t16-,18-/m1/s1. The predicted octanol–water partition coefficient (Wildman–Crippen LogP) is 1.99. The highest BCUT2D eigenvalue weighted by Crippen LogP contribution is 2.42. The molecule has 1 aliphatic carbocycles. The summed E-state index contributed by atoms with van der Waals surface area (Å²) in [5, 5.41) is 0. The molecule has 1 amide bonds. The van der Waals surface area contributed by atoms with Gasteiger partial charge in [0.15, 0.2) is 0 Å². The molecular formula is C18H24N2O3. The van der Waals surface area contributed by atoms with Crippen molar-refractivity contribution >= 4 is 5.91 Å². The normalized spacial score (nSPS) is 30.3. The molecule has 1 aromatic rings. The molecule has 3 heterocycles. The molecule has 23 heavy (non-hydrogen) atoms. The summed E-state index contributed by atoms with van der Waals surface area (Å²) in [4.78, 5) is 18.6. The molecule has 1 saturated carbocycles. The predicted molar refractivity (Wildman–Crippen MR) is 85.0 cm³/mol. The van der Waals surface area contributed by atoms with Crippen molar-refractivity contribution in [2.75, 3.05) is 39.5 Å². The zero-order valence-corrected chi connectivity index (χ0v) is 13.4. The quantitative estimate of drug-likeness (QED) is 0.833. The highest BCUT2D eigenvalue weighted by atomic mass is 16.5. The van der Waals surface area contributed by atoms with E-state index < -0.39 is 0 Å². The minimum atomic E-state index is -0.00750. The Morgan fingerprint density at radius 1 is 1.39 bits per heavy atom. The molecule has 2 aliphatic heterocycles. The highest BCUT2D eigenvalue weighted by Gasteiger charge is 2.52. The van der Waals surface area contributed by atoms with E-state index >= 15 is 0 Å². The fourth-order valence-electron chi connectivity index (χ4n) is 3.96. The van der Waals surface area contributed by atoms with Gasteiger partial charge in [-0.3, -0.25) is 9.78 Å². The fourth-order valence-corrected chi connectivity index (χ4v) is 3.96. The fraction of sp³-hybridized carbons (Fsp3) is 0.667. The van der Waals surface area contributed by atoms with Gasteiger partial charge in [0.25, 0.3) is 5.91 Å². The zero-order valence-electron chi connectivity index (χ0n) is 13.4. The molecule has 1 aromatic heterocycles. The number of carbonyl (C=O) groups excluding carboxylic acids is 1. The van der Waals surface area contributed by atoms with Crippen molar-refractivity contribution in [3.8, 4) is 0 Å². The second-order valence-corrected chi connectivity index (χ2v) is 7.31. The third kappa shape index (κ3) is 2.88. The number of fused-ring (bicyclic) bond motifs is 1. The van der Waals surface area contributed by atoms with E-state index in [-0.39, 0.29) is 11.3 Å². The van der Waals surface area contributed by atoms with Crippen LogP contribution in [0.15, 0.2) is 24.5 Å². The van der Waals surface area contributed by atoms with Gasteiger partial charge in [-0.25, -0.2) is 0 Å². The number of hydrogen-bond acceptors (Lipinski definition) is 4. The number of nitrogens with zero attached hydrogens (tertiary/aromatic N) is 2. The smallest absolute Gasteiger partial charge is 0.253 e. The van der Waals surface area contributed by atoms with Crippen molar-refractivity contribution in [3.63, 3.8) is 0 Å². The topological polar surface area (TPSA) is 51.7 Å². The lowest BCUT2D eigenvalue weighted by atomic mass is 9.81. The maximum atomic E-state index is 12.7. The van der Waals surface area contributed by atoms with Crippen LogP contribution >= 0.6 is 0 Å². The van der Waals surface area contributed by atoms with Gasteiger partial charge in [0.1, 0.15) is 0 Å². The number of likely N-dealkylation sites (tertiary alicyclic amines) is 1. The first kappa shape index (κ1) is 15.1. The summed E-state index contributed by atoms with van der Waals surface area (Å²) in [5.41, 5.74) is 0.707. The molecule has 0 N–H and O–H groups in total. The van der Waals surface area contributed by atoms with E-state index in [2.05, 4.69) is 4.98 Å². The van der Waals surface area contributed by atoms with E-state index in [4.69, 9.17) is 9.47 Å². The minimum Gasteiger partial charge on any atom is -0.380 e. The SMILES string of the molecule is O=C(c1ccncc1)N1C[C@@H]2COC[C@]2(COCC2CCC2)C1. The molecule has 5 nitrogen and oxygen atoms in total. The van der Waals surface area contributed by atoms with Crippen LogP contribution < -0.4 is 0 Å². The molecule has 0 spiro atoms. The third-order valence-electron chi connectivity index (χ3n) is 5.70. The van der Waals surface area contributed by atoms with Crippen LogP contribution in [0.3, 0.4) is 0 Å². The summed E-state index contributed by atoms with van der Waals surface area (Å²) in [5.74, 6) is 1.25.